The average Bonchev–Trinajstić information content (AvgIpc) is 2.63. The van der Waals surface area contributed by atoms with Crippen molar-refractivity contribution in [2.75, 3.05) is 4.90 Å². The van der Waals surface area contributed by atoms with Crippen LogP contribution in [0.15, 0.2) is 89.7 Å². The minimum absolute atomic E-state index is 0.0758. The standard InChI is InChI=1S/C22H18N2O/c1-16-14-22(25)23-21-15-19(12-13-20(16)21)24(17-8-4-2-5-9-17)18-10-6-3-7-11-18/h2-15H,1H3,(H,23,25). The first-order valence-corrected chi connectivity index (χ1v) is 8.26. The highest BCUT2D eigenvalue weighted by Crippen LogP contribution is 2.35. The van der Waals surface area contributed by atoms with Crippen LogP contribution in [0.5, 0.6) is 0 Å². The summed E-state index contributed by atoms with van der Waals surface area (Å²) in [5.41, 5.74) is 4.90. The molecule has 122 valence electrons. The molecule has 0 saturated heterocycles. The van der Waals surface area contributed by atoms with E-state index in [9.17, 15) is 4.79 Å². The number of para-hydroxylation sites is 2. The summed E-state index contributed by atoms with van der Waals surface area (Å²) in [4.78, 5) is 17.0. The topological polar surface area (TPSA) is 36.1 Å². The van der Waals surface area contributed by atoms with E-state index in [1.54, 1.807) is 6.07 Å². The Morgan fingerprint density at radius 1 is 0.720 bits per heavy atom. The van der Waals surface area contributed by atoms with Crippen molar-refractivity contribution in [3.05, 3.63) is 101 Å². The number of benzene rings is 3. The van der Waals surface area contributed by atoms with Crippen LogP contribution in [0, 0.1) is 6.92 Å². The van der Waals surface area contributed by atoms with E-state index in [0.717, 1.165) is 33.5 Å². The highest BCUT2D eigenvalue weighted by atomic mass is 16.1. The van der Waals surface area contributed by atoms with Gasteiger partial charge in [0.05, 0.1) is 5.52 Å². The van der Waals surface area contributed by atoms with Gasteiger partial charge in [-0.15, -0.1) is 0 Å². The van der Waals surface area contributed by atoms with Gasteiger partial charge in [0.2, 0.25) is 5.56 Å². The molecule has 3 aromatic carbocycles. The van der Waals surface area contributed by atoms with Crippen LogP contribution in [0.3, 0.4) is 0 Å². The van der Waals surface area contributed by atoms with Crippen molar-refractivity contribution in [2.45, 2.75) is 6.92 Å². The molecule has 0 aliphatic rings. The molecule has 0 radical (unpaired) electrons. The summed E-state index contributed by atoms with van der Waals surface area (Å²) in [6, 6.07) is 28.3. The maximum absolute atomic E-state index is 11.9. The van der Waals surface area contributed by atoms with Crippen molar-refractivity contribution in [1.29, 1.82) is 0 Å². The summed E-state index contributed by atoms with van der Waals surface area (Å²) in [7, 11) is 0. The molecule has 1 aromatic heterocycles. The molecule has 0 fully saturated rings. The fourth-order valence-electron chi connectivity index (χ4n) is 3.16. The number of nitrogens with one attached hydrogen (secondary N) is 1. The highest BCUT2D eigenvalue weighted by Gasteiger charge is 2.12. The maximum Gasteiger partial charge on any atom is 0.248 e. The molecule has 25 heavy (non-hydrogen) atoms. The molecule has 4 rings (SSSR count). The Hall–Kier alpha value is -3.33. The van der Waals surface area contributed by atoms with Crippen molar-refractivity contribution >= 4 is 28.0 Å². The summed E-state index contributed by atoms with van der Waals surface area (Å²) < 4.78 is 0. The number of aromatic amines is 1. The van der Waals surface area contributed by atoms with Gasteiger partial charge in [0.1, 0.15) is 0 Å². The van der Waals surface area contributed by atoms with E-state index in [0.29, 0.717) is 0 Å². The molecule has 1 N–H and O–H groups in total. The average molecular weight is 326 g/mol. The molecule has 0 atom stereocenters. The largest absolute Gasteiger partial charge is 0.322 e. The van der Waals surface area contributed by atoms with Crippen molar-refractivity contribution in [1.82, 2.24) is 4.98 Å². The van der Waals surface area contributed by atoms with Gasteiger partial charge in [-0.3, -0.25) is 4.79 Å². The first kappa shape index (κ1) is 15.2. The summed E-state index contributed by atoms with van der Waals surface area (Å²) in [5, 5.41) is 1.06. The van der Waals surface area contributed by atoms with Crippen LogP contribution in [-0.4, -0.2) is 4.98 Å². The molecule has 0 saturated carbocycles. The predicted molar refractivity (Wildman–Crippen MR) is 104 cm³/mol. The van der Waals surface area contributed by atoms with Gasteiger partial charge in [-0.05, 0) is 48.9 Å². The van der Waals surface area contributed by atoms with Gasteiger partial charge < -0.3 is 9.88 Å². The van der Waals surface area contributed by atoms with E-state index in [1.165, 1.54) is 0 Å². The zero-order valence-electron chi connectivity index (χ0n) is 13.9. The zero-order valence-corrected chi connectivity index (χ0v) is 13.9. The molecular formula is C22H18N2O. The first-order valence-electron chi connectivity index (χ1n) is 8.26. The van der Waals surface area contributed by atoms with Crippen LogP contribution in [-0.2, 0) is 0 Å². The lowest BCUT2D eigenvalue weighted by Gasteiger charge is -2.25. The second kappa shape index (κ2) is 6.29. The van der Waals surface area contributed by atoms with Gasteiger partial charge in [0.15, 0.2) is 0 Å². The minimum atomic E-state index is -0.0758. The number of pyridine rings is 1. The molecule has 0 spiro atoms. The Labute approximate surface area is 146 Å². The summed E-state index contributed by atoms with van der Waals surface area (Å²) in [5.74, 6) is 0. The van der Waals surface area contributed by atoms with Crippen LogP contribution >= 0.6 is 0 Å². The predicted octanol–water partition coefficient (Wildman–Crippen LogP) is 5.31. The number of fused-ring (bicyclic) bond motifs is 1. The maximum atomic E-state index is 11.9. The van der Waals surface area contributed by atoms with Gasteiger partial charge >= 0.3 is 0 Å². The highest BCUT2D eigenvalue weighted by molar-refractivity contribution is 5.88. The second-order valence-corrected chi connectivity index (χ2v) is 6.05. The van der Waals surface area contributed by atoms with E-state index in [4.69, 9.17) is 0 Å². The Balaban J connectivity index is 1.94. The number of H-pyrrole nitrogens is 1. The fourth-order valence-corrected chi connectivity index (χ4v) is 3.16. The van der Waals surface area contributed by atoms with E-state index >= 15 is 0 Å². The van der Waals surface area contributed by atoms with E-state index in [2.05, 4.69) is 46.3 Å². The van der Waals surface area contributed by atoms with Crippen LogP contribution in [0.1, 0.15) is 5.56 Å². The third-order valence-corrected chi connectivity index (χ3v) is 4.32. The lowest BCUT2D eigenvalue weighted by molar-refractivity contribution is 1.25. The molecule has 3 heteroatoms. The third-order valence-electron chi connectivity index (χ3n) is 4.32. The Morgan fingerprint density at radius 3 is 1.92 bits per heavy atom. The second-order valence-electron chi connectivity index (χ2n) is 6.05. The quantitative estimate of drug-likeness (QED) is 0.554. The van der Waals surface area contributed by atoms with E-state index in [-0.39, 0.29) is 5.56 Å². The molecule has 0 aliphatic heterocycles. The van der Waals surface area contributed by atoms with Crippen molar-refractivity contribution in [2.24, 2.45) is 0 Å². The molecule has 0 unspecified atom stereocenters. The number of aromatic nitrogens is 1. The SMILES string of the molecule is Cc1cc(=O)[nH]c2cc(N(c3ccccc3)c3ccccc3)ccc12. The van der Waals surface area contributed by atoms with Crippen LogP contribution < -0.4 is 10.5 Å². The molecule has 4 aromatic rings. The van der Waals surface area contributed by atoms with Crippen LogP contribution in [0.2, 0.25) is 0 Å². The van der Waals surface area contributed by atoms with Crippen LogP contribution in [0.4, 0.5) is 17.1 Å². The van der Waals surface area contributed by atoms with Crippen molar-refractivity contribution < 1.29 is 0 Å². The first-order chi connectivity index (χ1) is 12.2. The summed E-state index contributed by atoms with van der Waals surface area (Å²) in [6.45, 7) is 1.96. The molecule has 3 nitrogen and oxygen atoms in total. The number of hydrogen-bond donors (Lipinski definition) is 1. The molecule has 0 amide bonds. The molecule has 1 heterocycles. The fraction of sp³-hybridized carbons (Fsp3) is 0.0455. The van der Waals surface area contributed by atoms with Crippen molar-refractivity contribution in [3.63, 3.8) is 0 Å². The van der Waals surface area contributed by atoms with Gasteiger partial charge in [-0.2, -0.15) is 0 Å². The normalized spacial score (nSPS) is 10.8. The Bertz CT molecular complexity index is 1030. The molecule has 0 bridgehead atoms. The number of nitrogens with zero attached hydrogens (tertiary/aromatic N) is 1. The van der Waals surface area contributed by atoms with Gasteiger partial charge in [0.25, 0.3) is 0 Å². The molecule has 0 aliphatic carbocycles. The smallest absolute Gasteiger partial charge is 0.248 e. The lowest BCUT2D eigenvalue weighted by atomic mass is 10.1. The number of aryl methyl sites for hydroxylation is 1. The summed E-state index contributed by atoms with van der Waals surface area (Å²) >= 11 is 0. The number of anilines is 3. The minimum Gasteiger partial charge on any atom is -0.322 e. The Kier molecular flexibility index (Phi) is 3.82. The van der Waals surface area contributed by atoms with E-state index < -0.39 is 0 Å². The Morgan fingerprint density at radius 2 is 1.32 bits per heavy atom. The summed E-state index contributed by atoms with van der Waals surface area (Å²) in [6.07, 6.45) is 0. The van der Waals surface area contributed by atoms with Gasteiger partial charge in [-0.1, -0.05) is 42.5 Å². The zero-order chi connectivity index (χ0) is 17.2. The monoisotopic (exact) mass is 326 g/mol. The van der Waals surface area contributed by atoms with Gasteiger partial charge in [-0.25, -0.2) is 0 Å². The van der Waals surface area contributed by atoms with Crippen LogP contribution in [0.25, 0.3) is 10.9 Å². The van der Waals surface area contributed by atoms with E-state index in [1.807, 2.05) is 49.4 Å². The molecular weight excluding hydrogens is 308 g/mol. The lowest BCUT2D eigenvalue weighted by Crippen LogP contribution is -2.10. The van der Waals surface area contributed by atoms with Crippen molar-refractivity contribution in [3.8, 4) is 0 Å². The number of hydrogen-bond acceptors (Lipinski definition) is 2. The number of rotatable bonds is 3. The van der Waals surface area contributed by atoms with Gasteiger partial charge in [0, 0.05) is 28.5 Å². The third kappa shape index (κ3) is 2.92.